The molecule has 35 heavy (non-hydrogen) atoms. The van der Waals surface area contributed by atoms with Gasteiger partial charge in [-0.25, -0.2) is 0 Å². The molecule has 0 aliphatic carbocycles. The molecule has 0 spiro atoms. The number of carbonyl (C=O) groups is 2. The normalized spacial score (nSPS) is 11.8. The average Bonchev–Trinajstić information content (AvgIpc) is 2.84. The number of benzene rings is 3. The monoisotopic (exact) mass is 534 g/mol. The molecule has 0 heterocycles. The summed E-state index contributed by atoms with van der Waals surface area (Å²) in [5.41, 5.74) is 5.32. The highest BCUT2D eigenvalue weighted by Crippen LogP contribution is 2.19. The van der Waals surface area contributed by atoms with Gasteiger partial charge in [-0.05, 0) is 59.7 Å². The Balaban J connectivity index is 1.95. The van der Waals surface area contributed by atoms with Gasteiger partial charge >= 0.3 is 0 Å². The van der Waals surface area contributed by atoms with Crippen LogP contribution in [0, 0.1) is 19.8 Å². The third-order valence-corrected chi connectivity index (χ3v) is 6.68. The van der Waals surface area contributed by atoms with Crippen LogP contribution in [0.1, 0.15) is 41.7 Å². The molecule has 0 saturated carbocycles. The molecule has 0 radical (unpaired) electrons. The van der Waals surface area contributed by atoms with Crippen molar-refractivity contribution in [2.75, 3.05) is 6.54 Å². The van der Waals surface area contributed by atoms with Gasteiger partial charge in [-0.1, -0.05) is 90.4 Å². The Hall–Kier alpha value is -2.92. The van der Waals surface area contributed by atoms with Crippen LogP contribution >= 0.6 is 15.9 Å². The molecule has 4 nitrogen and oxygen atoms in total. The van der Waals surface area contributed by atoms with Crippen molar-refractivity contribution in [3.05, 3.63) is 105 Å². The lowest BCUT2D eigenvalue weighted by molar-refractivity contribution is -0.140. The fraction of sp³-hybridized carbons (Fsp3) is 0.333. The van der Waals surface area contributed by atoms with Crippen molar-refractivity contribution in [3.63, 3.8) is 0 Å². The number of halogens is 1. The molecule has 1 atom stereocenters. The second-order valence-electron chi connectivity index (χ2n) is 9.59. The maximum atomic E-state index is 13.8. The van der Waals surface area contributed by atoms with Crippen LogP contribution in [0.5, 0.6) is 0 Å². The van der Waals surface area contributed by atoms with Gasteiger partial charge in [0.2, 0.25) is 11.8 Å². The standard InChI is InChI=1S/C30H35BrN2O2/c1-21(2)19-32-30(35)28(17-24-8-6-5-7-9-24)33(20-25-12-14-27(31)15-13-25)29(34)18-26-11-10-22(3)23(4)16-26/h5-16,21,28H,17-20H2,1-4H3,(H,32,35). The minimum absolute atomic E-state index is 0.0585. The summed E-state index contributed by atoms with van der Waals surface area (Å²) in [5, 5.41) is 3.07. The van der Waals surface area contributed by atoms with Crippen LogP contribution in [0.2, 0.25) is 0 Å². The summed E-state index contributed by atoms with van der Waals surface area (Å²) in [7, 11) is 0. The minimum Gasteiger partial charge on any atom is -0.354 e. The summed E-state index contributed by atoms with van der Waals surface area (Å²) < 4.78 is 0.977. The molecule has 5 heteroatoms. The van der Waals surface area contributed by atoms with Gasteiger partial charge in [-0.3, -0.25) is 9.59 Å². The lowest BCUT2D eigenvalue weighted by Gasteiger charge is -2.32. The highest BCUT2D eigenvalue weighted by atomic mass is 79.9. The molecule has 1 unspecified atom stereocenters. The number of carbonyl (C=O) groups excluding carboxylic acids is 2. The van der Waals surface area contributed by atoms with Crippen molar-refractivity contribution >= 4 is 27.7 Å². The van der Waals surface area contributed by atoms with Crippen LogP contribution < -0.4 is 5.32 Å². The predicted octanol–water partition coefficient (Wildman–Crippen LogP) is 6.02. The van der Waals surface area contributed by atoms with Crippen molar-refractivity contribution in [2.45, 2.75) is 53.1 Å². The first-order chi connectivity index (χ1) is 16.7. The molecule has 0 aliphatic rings. The fourth-order valence-electron chi connectivity index (χ4n) is 3.95. The number of hydrogen-bond donors (Lipinski definition) is 1. The molecule has 0 aliphatic heterocycles. The Labute approximate surface area is 217 Å². The Morgan fingerprint density at radius 3 is 2.14 bits per heavy atom. The second kappa shape index (κ2) is 12.7. The number of amides is 2. The molecule has 0 saturated heterocycles. The first-order valence-corrected chi connectivity index (χ1v) is 12.9. The van der Waals surface area contributed by atoms with E-state index in [1.165, 1.54) is 5.56 Å². The van der Waals surface area contributed by atoms with Crippen molar-refractivity contribution in [1.82, 2.24) is 10.2 Å². The van der Waals surface area contributed by atoms with E-state index in [1.54, 1.807) is 4.90 Å². The van der Waals surface area contributed by atoms with Crippen LogP contribution in [0.15, 0.2) is 77.3 Å². The molecule has 2 amide bonds. The van der Waals surface area contributed by atoms with Crippen LogP contribution in [0.3, 0.4) is 0 Å². The zero-order chi connectivity index (χ0) is 25.4. The first-order valence-electron chi connectivity index (χ1n) is 12.1. The predicted molar refractivity (Wildman–Crippen MR) is 146 cm³/mol. The van der Waals surface area contributed by atoms with Gasteiger partial charge in [0.15, 0.2) is 0 Å². The summed E-state index contributed by atoms with van der Waals surface area (Å²) in [6, 6.07) is 23.3. The molecule has 3 aromatic rings. The van der Waals surface area contributed by atoms with Gasteiger partial charge < -0.3 is 10.2 Å². The van der Waals surface area contributed by atoms with E-state index in [4.69, 9.17) is 0 Å². The van der Waals surface area contributed by atoms with Crippen molar-refractivity contribution in [1.29, 1.82) is 0 Å². The molecular formula is C30H35BrN2O2. The van der Waals surface area contributed by atoms with E-state index in [0.29, 0.717) is 25.4 Å². The van der Waals surface area contributed by atoms with E-state index in [-0.39, 0.29) is 18.2 Å². The highest BCUT2D eigenvalue weighted by molar-refractivity contribution is 9.10. The van der Waals surface area contributed by atoms with E-state index in [1.807, 2.05) is 66.7 Å². The number of rotatable bonds is 10. The zero-order valence-corrected chi connectivity index (χ0v) is 22.6. The van der Waals surface area contributed by atoms with Gasteiger partial charge in [-0.2, -0.15) is 0 Å². The summed E-state index contributed by atoms with van der Waals surface area (Å²) in [6.45, 7) is 9.19. The van der Waals surface area contributed by atoms with E-state index in [0.717, 1.165) is 26.7 Å². The van der Waals surface area contributed by atoms with Crippen molar-refractivity contribution < 1.29 is 9.59 Å². The Bertz CT molecular complexity index is 1130. The quantitative estimate of drug-likeness (QED) is 0.345. The second-order valence-corrected chi connectivity index (χ2v) is 10.5. The molecular weight excluding hydrogens is 500 g/mol. The summed E-state index contributed by atoms with van der Waals surface area (Å²) in [6.07, 6.45) is 0.709. The van der Waals surface area contributed by atoms with Crippen LogP contribution in [0.4, 0.5) is 0 Å². The van der Waals surface area contributed by atoms with Gasteiger partial charge in [-0.15, -0.1) is 0 Å². The maximum Gasteiger partial charge on any atom is 0.243 e. The topological polar surface area (TPSA) is 49.4 Å². The van der Waals surface area contributed by atoms with E-state index in [2.05, 4.69) is 55.0 Å². The molecule has 0 aromatic heterocycles. The fourth-order valence-corrected chi connectivity index (χ4v) is 4.22. The number of aryl methyl sites for hydroxylation is 2. The van der Waals surface area contributed by atoms with Crippen molar-refractivity contribution in [3.8, 4) is 0 Å². The lowest BCUT2D eigenvalue weighted by Crippen LogP contribution is -2.51. The third-order valence-electron chi connectivity index (χ3n) is 6.15. The number of hydrogen-bond acceptors (Lipinski definition) is 2. The number of nitrogens with one attached hydrogen (secondary N) is 1. The maximum absolute atomic E-state index is 13.8. The molecule has 184 valence electrons. The van der Waals surface area contributed by atoms with Crippen LogP contribution in [-0.4, -0.2) is 29.3 Å². The molecule has 3 aromatic carbocycles. The number of nitrogens with zero attached hydrogens (tertiary/aromatic N) is 1. The van der Waals surface area contributed by atoms with Gasteiger partial charge in [0.05, 0.1) is 6.42 Å². The molecule has 0 bridgehead atoms. The highest BCUT2D eigenvalue weighted by Gasteiger charge is 2.30. The van der Waals surface area contributed by atoms with Crippen LogP contribution in [0.25, 0.3) is 0 Å². The SMILES string of the molecule is Cc1ccc(CC(=O)N(Cc2ccc(Br)cc2)C(Cc2ccccc2)C(=O)NCC(C)C)cc1C. The zero-order valence-electron chi connectivity index (χ0n) is 21.1. The van der Waals surface area contributed by atoms with Gasteiger partial charge in [0, 0.05) is 24.0 Å². The van der Waals surface area contributed by atoms with Gasteiger partial charge in [0.25, 0.3) is 0 Å². The Morgan fingerprint density at radius 2 is 1.51 bits per heavy atom. The lowest BCUT2D eigenvalue weighted by atomic mass is 10.00. The molecule has 0 fully saturated rings. The van der Waals surface area contributed by atoms with Crippen molar-refractivity contribution in [2.24, 2.45) is 5.92 Å². The minimum atomic E-state index is -0.612. The Morgan fingerprint density at radius 1 is 0.857 bits per heavy atom. The average molecular weight is 536 g/mol. The van der Waals surface area contributed by atoms with E-state index >= 15 is 0 Å². The van der Waals surface area contributed by atoms with Crippen LogP contribution in [-0.2, 0) is 29.0 Å². The first kappa shape index (κ1) is 26.7. The van der Waals surface area contributed by atoms with E-state index < -0.39 is 6.04 Å². The summed E-state index contributed by atoms with van der Waals surface area (Å²) in [5.74, 6) is 0.146. The smallest absolute Gasteiger partial charge is 0.243 e. The Kier molecular flexibility index (Phi) is 9.67. The molecule has 1 N–H and O–H groups in total. The third kappa shape index (κ3) is 8.07. The summed E-state index contributed by atoms with van der Waals surface area (Å²) >= 11 is 3.48. The van der Waals surface area contributed by atoms with Gasteiger partial charge in [0.1, 0.15) is 6.04 Å². The summed E-state index contributed by atoms with van der Waals surface area (Å²) in [4.78, 5) is 29.0. The molecule has 3 rings (SSSR count). The van der Waals surface area contributed by atoms with E-state index in [9.17, 15) is 9.59 Å². The largest absolute Gasteiger partial charge is 0.354 e.